The summed E-state index contributed by atoms with van der Waals surface area (Å²) >= 11 is 0. The SMILES string of the molecule is [c]1ccc2c(-c3ccccc3)cccc2c1. The van der Waals surface area contributed by atoms with Gasteiger partial charge in [-0.25, -0.2) is 0 Å². The molecule has 16 heavy (non-hydrogen) atoms. The Balaban J connectivity index is 2.32. The fourth-order valence-electron chi connectivity index (χ4n) is 2.03. The van der Waals surface area contributed by atoms with Crippen LogP contribution in [0, 0.1) is 6.07 Å². The van der Waals surface area contributed by atoms with Crippen molar-refractivity contribution in [1.82, 2.24) is 0 Å². The van der Waals surface area contributed by atoms with Gasteiger partial charge in [-0.15, -0.1) is 0 Å². The third-order valence-electron chi connectivity index (χ3n) is 2.81. The van der Waals surface area contributed by atoms with Gasteiger partial charge in [0, 0.05) is 0 Å². The highest BCUT2D eigenvalue weighted by Crippen LogP contribution is 2.27. The van der Waals surface area contributed by atoms with Crippen molar-refractivity contribution in [2.75, 3.05) is 0 Å². The molecule has 3 rings (SSSR count). The summed E-state index contributed by atoms with van der Waals surface area (Å²) in [4.78, 5) is 0. The maximum absolute atomic E-state index is 3.11. The number of fused-ring (bicyclic) bond motifs is 1. The van der Waals surface area contributed by atoms with E-state index in [0.717, 1.165) is 0 Å². The molecular weight excluding hydrogens is 192 g/mol. The Labute approximate surface area is 95.2 Å². The van der Waals surface area contributed by atoms with Gasteiger partial charge >= 0.3 is 0 Å². The molecule has 0 unspecified atom stereocenters. The Bertz CT molecular complexity index is 604. The molecule has 0 aliphatic carbocycles. The van der Waals surface area contributed by atoms with E-state index in [2.05, 4.69) is 54.6 Å². The van der Waals surface area contributed by atoms with E-state index in [9.17, 15) is 0 Å². The maximum atomic E-state index is 3.11. The molecule has 0 nitrogen and oxygen atoms in total. The van der Waals surface area contributed by atoms with Gasteiger partial charge in [0.15, 0.2) is 0 Å². The minimum atomic E-state index is 1.24. The zero-order valence-electron chi connectivity index (χ0n) is 8.85. The van der Waals surface area contributed by atoms with Crippen LogP contribution in [-0.4, -0.2) is 0 Å². The fraction of sp³-hybridized carbons (Fsp3) is 0. The van der Waals surface area contributed by atoms with Crippen LogP contribution in [0.15, 0.2) is 66.7 Å². The summed E-state index contributed by atoms with van der Waals surface area (Å²) in [7, 11) is 0. The van der Waals surface area contributed by atoms with Crippen LogP contribution in [0.2, 0.25) is 0 Å². The molecule has 1 radical (unpaired) electrons. The third kappa shape index (κ3) is 1.49. The molecule has 0 heterocycles. The fourth-order valence-corrected chi connectivity index (χ4v) is 2.03. The van der Waals surface area contributed by atoms with Crippen molar-refractivity contribution in [3.63, 3.8) is 0 Å². The lowest BCUT2D eigenvalue weighted by Crippen LogP contribution is -1.80. The first-order valence-corrected chi connectivity index (χ1v) is 5.39. The normalized spacial score (nSPS) is 10.5. The standard InChI is InChI=1S/C16H11/c1-2-7-13(8-3-1)16-12-6-10-14-9-4-5-11-15(14)16/h1-3,5-12H. The Morgan fingerprint density at radius 2 is 1.62 bits per heavy atom. The Morgan fingerprint density at radius 1 is 0.750 bits per heavy atom. The van der Waals surface area contributed by atoms with Crippen molar-refractivity contribution in [3.8, 4) is 11.1 Å². The summed E-state index contributed by atoms with van der Waals surface area (Å²) < 4.78 is 0. The van der Waals surface area contributed by atoms with Crippen LogP contribution in [0.4, 0.5) is 0 Å². The molecule has 0 bridgehead atoms. The number of rotatable bonds is 1. The first-order valence-electron chi connectivity index (χ1n) is 5.39. The summed E-state index contributed by atoms with van der Waals surface area (Å²) in [5.41, 5.74) is 2.55. The van der Waals surface area contributed by atoms with Crippen LogP contribution in [0.25, 0.3) is 21.9 Å². The van der Waals surface area contributed by atoms with E-state index in [1.54, 1.807) is 0 Å². The van der Waals surface area contributed by atoms with Crippen molar-refractivity contribution in [3.05, 3.63) is 72.8 Å². The molecular formula is C16H11. The third-order valence-corrected chi connectivity index (χ3v) is 2.81. The molecule has 3 aromatic carbocycles. The van der Waals surface area contributed by atoms with Crippen molar-refractivity contribution in [2.45, 2.75) is 0 Å². The van der Waals surface area contributed by atoms with Crippen molar-refractivity contribution >= 4 is 10.8 Å². The lowest BCUT2D eigenvalue weighted by molar-refractivity contribution is 1.65. The first kappa shape index (κ1) is 9.17. The van der Waals surface area contributed by atoms with Gasteiger partial charge in [-0.05, 0) is 34.0 Å². The Kier molecular flexibility index (Phi) is 2.19. The van der Waals surface area contributed by atoms with E-state index < -0.39 is 0 Å². The molecule has 0 saturated heterocycles. The molecule has 75 valence electrons. The smallest absolute Gasteiger partial charge is 0.0105 e. The number of benzene rings is 3. The topological polar surface area (TPSA) is 0 Å². The van der Waals surface area contributed by atoms with Crippen molar-refractivity contribution < 1.29 is 0 Å². The highest BCUT2D eigenvalue weighted by Gasteiger charge is 2.01. The molecule has 0 aromatic heterocycles. The summed E-state index contributed by atoms with van der Waals surface area (Å²) in [6.07, 6.45) is 0. The predicted molar refractivity (Wildman–Crippen MR) is 68.2 cm³/mol. The van der Waals surface area contributed by atoms with Gasteiger partial charge < -0.3 is 0 Å². The zero-order valence-corrected chi connectivity index (χ0v) is 8.85. The molecule has 0 amide bonds. The van der Waals surface area contributed by atoms with Gasteiger partial charge in [0.2, 0.25) is 0 Å². The van der Waals surface area contributed by atoms with Gasteiger partial charge in [0.1, 0.15) is 0 Å². The van der Waals surface area contributed by atoms with Crippen LogP contribution >= 0.6 is 0 Å². The van der Waals surface area contributed by atoms with Gasteiger partial charge in [-0.1, -0.05) is 60.7 Å². The van der Waals surface area contributed by atoms with Gasteiger partial charge in [-0.2, -0.15) is 0 Å². The van der Waals surface area contributed by atoms with Crippen LogP contribution in [0.3, 0.4) is 0 Å². The minimum Gasteiger partial charge on any atom is -0.0622 e. The van der Waals surface area contributed by atoms with Crippen LogP contribution in [-0.2, 0) is 0 Å². The zero-order chi connectivity index (χ0) is 10.8. The number of hydrogen-bond acceptors (Lipinski definition) is 0. The van der Waals surface area contributed by atoms with E-state index in [4.69, 9.17) is 0 Å². The Hall–Kier alpha value is -2.08. The second-order valence-electron chi connectivity index (χ2n) is 3.82. The van der Waals surface area contributed by atoms with Crippen LogP contribution in [0.5, 0.6) is 0 Å². The van der Waals surface area contributed by atoms with E-state index in [1.165, 1.54) is 21.9 Å². The highest BCUT2D eigenvalue weighted by molar-refractivity contribution is 5.96. The maximum Gasteiger partial charge on any atom is -0.0105 e. The van der Waals surface area contributed by atoms with E-state index in [-0.39, 0.29) is 0 Å². The predicted octanol–water partition coefficient (Wildman–Crippen LogP) is 4.31. The molecule has 0 fully saturated rings. The highest BCUT2D eigenvalue weighted by atomic mass is 14.0. The number of hydrogen-bond donors (Lipinski definition) is 0. The molecule has 3 aromatic rings. The quantitative estimate of drug-likeness (QED) is 0.553. The van der Waals surface area contributed by atoms with E-state index >= 15 is 0 Å². The molecule has 0 spiro atoms. The van der Waals surface area contributed by atoms with Gasteiger partial charge in [0.25, 0.3) is 0 Å². The van der Waals surface area contributed by atoms with E-state index in [1.807, 2.05) is 18.2 Å². The van der Waals surface area contributed by atoms with Gasteiger partial charge in [-0.3, -0.25) is 0 Å². The molecule has 0 N–H and O–H groups in total. The van der Waals surface area contributed by atoms with Crippen LogP contribution in [0.1, 0.15) is 0 Å². The molecule has 0 heteroatoms. The summed E-state index contributed by atoms with van der Waals surface area (Å²) in [5, 5.41) is 2.52. The first-order chi connectivity index (χ1) is 7.95. The summed E-state index contributed by atoms with van der Waals surface area (Å²) in [6, 6.07) is 26.1. The molecule has 0 aliphatic heterocycles. The summed E-state index contributed by atoms with van der Waals surface area (Å²) in [5.74, 6) is 0. The van der Waals surface area contributed by atoms with E-state index in [0.29, 0.717) is 0 Å². The molecule has 0 aliphatic rings. The lowest BCUT2D eigenvalue weighted by Gasteiger charge is -2.06. The average Bonchev–Trinajstić information content (AvgIpc) is 2.39. The second-order valence-corrected chi connectivity index (χ2v) is 3.82. The Morgan fingerprint density at radius 3 is 2.50 bits per heavy atom. The van der Waals surface area contributed by atoms with Crippen LogP contribution < -0.4 is 0 Å². The van der Waals surface area contributed by atoms with Crippen molar-refractivity contribution in [1.29, 1.82) is 0 Å². The minimum absolute atomic E-state index is 1.24. The van der Waals surface area contributed by atoms with Crippen molar-refractivity contribution in [2.24, 2.45) is 0 Å². The molecule has 0 atom stereocenters. The van der Waals surface area contributed by atoms with Gasteiger partial charge in [0.05, 0.1) is 0 Å². The molecule has 0 saturated carbocycles. The lowest BCUT2D eigenvalue weighted by atomic mass is 9.98. The largest absolute Gasteiger partial charge is 0.0622 e. The average molecular weight is 203 g/mol. The second kappa shape index (κ2) is 3.82. The monoisotopic (exact) mass is 203 g/mol. The summed E-state index contributed by atoms with van der Waals surface area (Å²) in [6.45, 7) is 0.